The molecule has 0 N–H and O–H groups in total. The van der Waals surface area contributed by atoms with Crippen LogP contribution in [0.25, 0.3) is 0 Å². The van der Waals surface area contributed by atoms with Crippen molar-refractivity contribution in [3.8, 4) is 0 Å². The van der Waals surface area contributed by atoms with E-state index in [1.54, 1.807) is 0 Å². The molecule has 45 valence electrons. The van der Waals surface area contributed by atoms with Crippen LogP contribution in [0.1, 0.15) is 26.2 Å². The van der Waals surface area contributed by atoms with Crippen LogP contribution >= 0.6 is 0 Å². The zero-order chi connectivity index (χ0) is 5.70. The molecule has 1 radical (unpaired) electrons. The van der Waals surface area contributed by atoms with Crippen molar-refractivity contribution in [1.29, 1.82) is 0 Å². The Balaban J connectivity index is 0. The second-order valence-corrected chi connectivity index (χ2v) is 1.85. The maximum atomic E-state index is 3.68. The Hall–Kier alpha value is 0.506. The molecule has 1 heteroatoms. The van der Waals surface area contributed by atoms with Crippen molar-refractivity contribution < 1.29 is 0 Å². The van der Waals surface area contributed by atoms with Gasteiger partial charge in [0, 0.05) is 0 Å². The van der Waals surface area contributed by atoms with Gasteiger partial charge >= 0.3 is 23.1 Å². The van der Waals surface area contributed by atoms with Gasteiger partial charge in [0.2, 0.25) is 0 Å². The average Bonchev–Trinajstić information content (AvgIpc) is 1.61. The summed E-state index contributed by atoms with van der Waals surface area (Å²) in [4.78, 5) is 0. The third-order valence-corrected chi connectivity index (χ3v) is 0.884. The number of allylic oxidation sites excluding steroid dienone is 1. The zero-order valence-electron chi connectivity index (χ0n) is 5.04. The highest BCUT2D eigenvalue weighted by atomic mass is 24.3. The van der Waals surface area contributed by atoms with Crippen LogP contribution in [0.4, 0.5) is 0 Å². The van der Waals surface area contributed by atoms with E-state index >= 15 is 0 Å². The summed E-state index contributed by atoms with van der Waals surface area (Å²) in [6, 6.07) is 0. The lowest BCUT2D eigenvalue weighted by atomic mass is 10.2. The maximum absolute atomic E-state index is 3.68. The van der Waals surface area contributed by atoms with Crippen molar-refractivity contribution in [3.05, 3.63) is 19.1 Å². The summed E-state index contributed by atoms with van der Waals surface area (Å²) in [6.07, 6.45) is 3.58. The molecule has 0 rings (SSSR count). The molecule has 0 amide bonds. The minimum Gasteiger partial charge on any atom is -0.0999 e. The van der Waals surface area contributed by atoms with Crippen LogP contribution in [0.3, 0.4) is 0 Å². The Morgan fingerprint density at radius 1 is 1.50 bits per heavy atom. The van der Waals surface area contributed by atoms with Crippen LogP contribution in [0.5, 0.6) is 0 Å². The predicted molar refractivity (Wildman–Crippen MR) is 42.6 cm³/mol. The first-order valence-corrected chi connectivity index (χ1v) is 2.77. The van der Waals surface area contributed by atoms with E-state index in [1.165, 1.54) is 12.8 Å². The van der Waals surface area contributed by atoms with Crippen LogP contribution in [0.2, 0.25) is 0 Å². The van der Waals surface area contributed by atoms with Crippen molar-refractivity contribution in [2.24, 2.45) is 0 Å². The van der Waals surface area contributed by atoms with Gasteiger partial charge in [-0.1, -0.05) is 25.5 Å². The Kier molecular flexibility index (Phi) is 10.6. The number of rotatable bonds is 3. The molecule has 0 atom stereocenters. The summed E-state index contributed by atoms with van der Waals surface area (Å²) in [7, 11) is 0. The molecule has 0 aromatic heterocycles. The average molecular weight is 124 g/mol. The highest BCUT2D eigenvalue weighted by molar-refractivity contribution is 5.75. The predicted octanol–water partition coefficient (Wildman–Crippen LogP) is 1.65. The Morgan fingerprint density at radius 3 is 2.12 bits per heavy atom. The molecule has 0 nitrogen and oxygen atoms in total. The van der Waals surface area contributed by atoms with Crippen LogP contribution in [-0.2, 0) is 0 Å². The van der Waals surface area contributed by atoms with Crippen LogP contribution in [-0.4, -0.2) is 23.1 Å². The molecule has 0 bridgehead atoms. The van der Waals surface area contributed by atoms with Crippen molar-refractivity contribution in [3.63, 3.8) is 0 Å². The highest BCUT2D eigenvalue weighted by Crippen LogP contribution is 2.00. The number of hydrogen-bond donors (Lipinski definition) is 0. The molecule has 0 spiro atoms. The Labute approximate surface area is 68.5 Å². The van der Waals surface area contributed by atoms with Crippen LogP contribution in [0.15, 0.2) is 12.2 Å². The van der Waals surface area contributed by atoms with E-state index in [9.17, 15) is 0 Å². The van der Waals surface area contributed by atoms with E-state index in [0.29, 0.717) is 0 Å². The van der Waals surface area contributed by atoms with Gasteiger partial charge in [0.25, 0.3) is 0 Å². The minimum atomic E-state index is 0. The fraction of sp³-hybridized carbons (Fsp3) is 0.571. The first-order chi connectivity index (χ1) is 3.27. The highest BCUT2D eigenvalue weighted by Gasteiger charge is 1.81. The third-order valence-electron chi connectivity index (χ3n) is 0.884. The fourth-order valence-electron chi connectivity index (χ4n) is 0.427. The quantitative estimate of drug-likeness (QED) is 0.501. The normalized spacial score (nSPS) is 7.75. The molecule has 0 aromatic rings. The molecule has 0 heterocycles. The summed E-state index contributed by atoms with van der Waals surface area (Å²) in [5, 5.41) is 0. The van der Waals surface area contributed by atoms with Gasteiger partial charge < -0.3 is 0 Å². The van der Waals surface area contributed by atoms with Gasteiger partial charge in [-0.05, 0) is 19.8 Å². The molecule has 0 aromatic carbocycles. The first kappa shape index (κ1) is 11.3. The molecular weight excluding hydrogens is 108 g/mol. The SMILES string of the molecule is [CH2]C(=C)CCCC.[MgH2]. The van der Waals surface area contributed by atoms with Crippen molar-refractivity contribution in [2.45, 2.75) is 26.2 Å². The van der Waals surface area contributed by atoms with E-state index in [1.807, 2.05) is 0 Å². The van der Waals surface area contributed by atoms with Crippen molar-refractivity contribution in [2.75, 3.05) is 0 Å². The standard InChI is InChI=1S/C7H13.Mg.2H/c1-4-5-6-7(2)3;;;/h2-6H2,1H3;;;. The molecule has 0 unspecified atom stereocenters. The van der Waals surface area contributed by atoms with E-state index in [2.05, 4.69) is 20.4 Å². The second kappa shape index (κ2) is 7.51. The lowest BCUT2D eigenvalue weighted by molar-refractivity contribution is 0.799. The first-order valence-electron chi connectivity index (χ1n) is 2.77. The lowest BCUT2D eigenvalue weighted by Crippen LogP contribution is -1.72. The lowest BCUT2D eigenvalue weighted by Gasteiger charge is -1.91. The van der Waals surface area contributed by atoms with Crippen LogP contribution in [0, 0.1) is 6.92 Å². The maximum Gasteiger partial charge on any atom is 0.316 e. The van der Waals surface area contributed by atoms with E-state index in [4.69, 9.17) is 0 Å². The molecule has 0 aliphatic heterocycles. The third kappa shape index (κ3) is 9.71. The van der Waals surface area contributed by atoms with Crippen molar-refractivity contribution in [1.82, 2.24) is 0 Å². The smallest absolute Gasteiger partial charge is 0.0999 e. The fourth-order valence-corrected chi connectivity index (χ4v) is 0.427. The van der Waals surface area contributed by atoms with Crippen LogP contribution < -0.4 is 0 Å². The molecule has 8 heavy (non-hydrogen) atoms. The van der Waals surface area contributed by atoms with Crippen molar-refractivity contribution >= 4 is 23.1 Å². The van der Waals surface area contributed by atoms with Gasteiger partial charge in [-0.2, -0.15) is 0 Å². The number of unbranched alkanes of at least 4 members (excludes halogenated alkanes) is 1. The van der Waals surface area contributed by atoms with Gasteiger partial charge in [-0.3, -0.25) is 0 Å². The summed E-state index contributed by atoms with van der Waals surface area (Å²) < 4.78 is 0. The topological polar surface area (TPSA) is 0 Å². The van der Waals surface area contributed by atoms with Gasteiger partial charge in [0.05, 0.1) is 0 Å². The molecular formula is C7H15Mg. The Morgan fingerprint density at radius 2 is 2.00 bits per heavy atom. The molecule has 0 aliphatic rings. The second-order valence-electron chi connectivity index (χ2n) is 1.85. The molecule has 0 fully saturated rings. The summed E-state index contributed by atoms with van der Waals surface area (Å²) >= 11 is 0. The van der Waals surface area contributed by atoms with E-state index in [-0.39, 0.29) is 23.1 Å². The largest absolute Gasteiger partial charge is 0.316 e. The van der Waals surface area contributed by atoms with Gasteiger partial charge in [0.1, 0.15) is 0 Å². The van der Waals surface area contributed by atoms with Gasteiger partial charge in [0.15, 0.2) is 0 Å². The summed E-state index contributed by atoms with van der Waals surface area (Å²) in [6.45, 7) is 9.53. The summed E-state index contributed by atoms with van der Waals surface area (Å²) in [5.74, 6) is 0. The molecule has 0 saturated heterocycles. The molecule has 0 aliphatic carbocycles. The summed E-state index contributed by atoms with van der Waals surface area (Å²) in [5.41, 5.74) is 1.06. The monoisotopic (exact) mass is 123 g/mol. The zero-order valence-corrected chi connectivity index (χ0v) is 5.04. The molecule has 0 saturated carbocycles. The minimum absolute atomic E-state index is 0. The van der Waals surface area contributed by atoms with Gasteiger partial charge in [-0.25, -0.2) is 0 Å². The Bertz CT molecular complexity index is 57.4. The van der Waals surface area contributed by atoms with E-state index in [0.717, 1.165) is 12.0 Å². The number of hydrogen-bond acceptors (Lipinski definition) is 0. The van der Waals surface area contributed by atoms with Gasteiger partial charge in [-0.15, -0.1) is 0 Å². The van der Waals surface area contributed by atoms with E-state index < -0.39 is 0 Å².